The van der Waals surface area contributed by atoms with Crippen LogP contribution in [-0.2, 0) is 9.59 Å². The Balaban J connectivity index is 2.07. The van der Waals surface area contributed by atoms with Crippen LogP contribution in [0.25, 0.3) is 0 Å². The van der Waals surface area contributed by atoms with E-state index in [9.17, 15) is 9.59 Å². The summed E-state index contributed by atoms with van der Waals surface area (Å²) in [6.07, 6.45) is 2.39. The molecular formula is C8H8N2O3S. The molecule has 1 aromatic heterocycles. The van der Waals surface area contributed by atoms with E-state index in [4.69, 9.17) is 5.11 Å². The molecule has 2 rings (SSSR count). The molecule has 0 aliphatic heterocycles. The van der Waals surface area contributed by atoms with E-state index in [1.54, 1.807) is 11.6 Å². The molecule has 1 fully saturated rings. The fourth-order valence-corrected chi connectivity index (χ4v) is 1.69. The van der Waals surface area contributed by atoms with Crippen molar-refractivity contribution in [1.29, 1.82) is 0 Å². The molecule has 0 aromatic carbocycles. The first-order valence-corrected chi connectivity index (χ1v) is 4.97. The molecule has 0 bridgehead atoms. The van der Waals surface area contributed by atoms with Crippen LogP contribution in [-0.4, -0.2) is 22.0 Å². The van der Waals surface area contributed by atoms with Gasteiger partial charge in [-0.1, -0.05) is 0 Å². The Morgan fingerprint density at radius 1 is 1.57 bits per heavy atom. The SMILES string of the molecule is O=C(O)C1(C(=O)Nc2nccs2)CC1. The van der Waals surface area contributed by atoms with Gasteiger partial charge in [0.25, 0.3) is 0 Å². The lowest BCUT2D eigenvalue weighted by atomic mass is 10.1. The van der Waals surface area contributed by atoms with Crippen molar-refractivity contribution < 1.29 is 14.7 Å². The van der Waals surface area contributed by atoms with Crippen LogP contribution in [0.5, 0.6) is 0 Å². The molecule has 6 heteroatoms. The molecule has 5 nitrogen and oxygen atoms in total. The van der Waals surface area contributed by atoms with Crippen molar-refractivity contribution in [2.75, 3.05) is 5.32 Å². The van der Waals surface area contributed by atoms with E-state index in [0.29, 0.717) is 18.0 Å². The Morgan fingerprint density at radius 2 is 2.29 bits per heavy atom. The van der Waals surface area contributed by atoms with Crippen LogP contribution in [0.15, 0.2) is 11.6 Å². The number of nitrogens with zero attached hydrogens (tertiary/aromatic N) is 1. The van der Waals surface area contributed by atoms with E-state index in [2.05, 4.69) is 10.3 Å². The van der Waals surface area contributed by atoms with E-state index in [1.165, 1.54) is 11.3 Å². The summed E-state index contributed by atoms with van der Waals surface area (Å²) in [5.41, 5.74) is -1.19. The summed E-state index contributed by atoms with van der Waals surface area (Å²) < 4.78 is 0. The molecule has 2 N–H and O–H groups in total. The fourth-order valence-electron chi connectivity index (χ4n) is 1.16. The van der Waals surface area contributed by atoms with E-state index in [1.807, 2.05) is 0 Å². The number of thiazole rings is 1. The molecule has 14 heavy (non-hydrogen) atoms. The Labute approximate surface area is 83.8 Å². The first kappa shape index (κ1) is 9.14. The first-order valence-electron chi connectivity index (χ1n) is 4.09. The van der Waals surface area contributed by atoms with Crippen LogP contribution < -0.4 is 5.32 Å². The van der Waals surface area contributed by atoms with Crippen molar-refractivity contribution >= 4 is 28.3 Å². The zero-order valence-electron chi connectivity index (χ0n) is 7.19. The molecule has 0 atom stereocenters. The standard InChI is InChI=1S/C8H8N2O3S/c11-5(8(1-2-8)6(12)13)10-7-9-3-4-14-7/h3-4H,1-2H2,(H,12,13)(H,9,10,11). The zero-order chi connectivity index (χ0) is 10.2. The molecule has 1 aromatic rings. The molecule has 1 aliphatic rings. The van der Waals surface area contributed by atoms with Gasteiger partial charge in [-0.3, -0.25) is 9.59 Å². The number of carbonyl (C=O) groups is 2. The Kier molecular flexibility index (Phi) is 1.99. The van der Waals surface area contributed by atoms with E-state index < -0.39 is 17.3 Å². The van der Waals surface area contributed by atoms with Crippen molar-refractivity contribution in [2.45, 2.75) is 12.8 Å². The highest BCUT2D eigenvalue weighted by Crippen LogP contribution is 2.46. The van der Waals surface area contributed by atoms with Crippen molar-refractivity contribution in [1.82, 2.24) is 4.98 Å². The summed E-state index contributed by atoms with van der Waals surface area (Å²) >= 11 is 1.27. The normalized spacial score (nSPS) is 17.4. The number of aliphatic carboxylic acids is 1. The van der Waals surface area contributed by atoms with E-state index >= 15 is 0 Å². The number of hydrogen-bond acceptors (Lipinski definition) is 4. The lowest BCUT2D eigenvalue weighted by Crippen LogP contribution is -2.31. The maximum absolute atomic E-state index is 11.5. The number of carbonyl (C=O) groups excluding carboxylic acids is 1. The van der Waals surface area contributed by atoms with Gasteiger partial charge >= 0.3 is 5.97 Å². The number of anilines is 1. The van der Waals surface area contributed by atoms with Crippen molar-refractivity contribution in [3.63, 3.8) is 0 Å². The van der Waals surface area contributed by atoms with Crippen LogP contribution in [0.2, 0.25) is 0 Å². The van der Waals surface area contributed by atoms with Gasteiger partial charge in [-0.15, -0.1) is 11.3 Å². The molecule has 0 spiro atoms. The number of rotatable bonds is 3. The second-order valence-corrected chi connectivity index (χ2v) is 4.07. The predicted molar refractivity (Wildman–Crippen MR) is 50.0 cm³/mol. The summed E-state index contributed by atoms with van der Waals surface area (Å²) in [6, 6.07) is 0. The van der Waals surface area contributed by atoms with Gasteiger partial charge in [0.05, 0.1) is 0 Å². The molecule has 0 unspecified atom stereocenters. The Hall–Kier alpha value is -1.43. The maximum Gasteiger partial charge on any atom is 0.319 e. The number of carboxylic acids is 1. The van der Waals surface area contributed by atoms with Gasteiger partial charge in [-0.05, 0) is 12.8 Å². The minimum atomic E-state index is -1.19. The van der Waals surface area contributed by atoms with E-state index in [0.717, 1.165) is 0 Å². The molecule has 0 saturated heterocycles. The first-order chi connectivity index (χ1) is 6.65. The van der Waals surface area contributed by atoms with Gasteiger partial charge in [0.2, 0.25) is 5.91 Å². The Bertz CT molecular complexity index is 370. The summed E-state index contributed by atoms with van der Waals surface area (Å²) in [5, 5.41) is 13.5. The monoisotopic (exact) mass is 212 g/mol. The molecule has 1 aliphatic carbocycles. The van der Waals surface area contributed by atoms with Crippen LogP contribution in [0.4, 0.5) is 5.13 Å². The highest BCUT2D eigenvalue weighted by Gasteiger charge is 2.57. The largest absolute Gasteiger partial charge is 0.480 e. The van der Waals surface area contributed by atoms with Gasteiger partial charge in [-0.2, -0.15) is 0 Å². The Morgan fingerprint density at radius 3 is 2.71 bits per heavy atom. The molecule has 74 valence electrons. The number of nitrogens with one attached hydrogen (secondary N) is 1. The topological polar surface area (TPSA) is 79.3 Å². The highest BCUT2D eigenvalue weighted by atomic mass is 32.1. The van der Waals surface area contributed by atoms with Crippen molar-refractivity contribution in [3.05, 3.63) is 11.6 Å². The van der Waals surface area contributed by atoms with Crippen LogP contribution in [0, 0.1) is 5.41 Å². The van der Waals surface area contributed by atoms with Crippen LogP contribution >= 0.6 is 11.3 Å². The molecular weight excluding hydrogens is 204 g/mol. The van der Waals surface area contributed by atoms with Crippen LogP contribution in [0.3, 0.4) is 0 Å². The third kappa shape index (κ3) is 1.37. The smallest absolute Gasteiger partial charge is 0.319 e. The van der Waals surface area contributed by atoms with Gasteiger partial charge in [0.1, 0.15) is 5.41 Å². The van der Waals surface area contributed by atoms with Gasteiger partial charge in [0, 0.05) is 11.6 Å². The van der Waals surface area contributed by atoms with Gasteiger partial charge in [0.15, 0.2) is 5.13 Å². The molecule has 1 amide bonds. The third-order valence-electron chi connectivity index (χ3n) is 2.25. The summed E-state index contributed by atoms with van der Waals surface area (Å²) in [7, 11) is 0. The number of aromatic nitrogens is 1. The van der Waals surface area contributed by atoms with Gasteiger partial charge < -0.3 is 10.4 Å². The summed E-state index contributed by atoms with van der Waals surface area (Å²) in [5.74, 6) is -1.51. The third-order valence-corrected chi connectivity index (χ3v) is 2.94. The summed E-state index contributed by atoms with van der Waals surface area (Å²) in [6.45, 7) is 0. The molecule has 1 heterocycles. The number of carboxylic acid groups (broad SMARTS) is 1. The predicted octanol–water partition coefficient (Wildman–Crippen LogP) is 0.946. The van der Waals surface area contributed by atoms with Crippen molar-refractivity contribution in [2.24, 2.45) is 5.41 Å². The quantitative estimate of drug-likeness (QED) is 0.731. The molecule has 1 saturated carbocycles. The van der Waals surface area contributed by atoms with Gasteiger partial charge in [-0.25, -0.2) is 4.98 Å². The lowest BCUT2D eigenvalue weighted by molar-refractivity contribution is -0.147. The van der Waals surface area contributed by atoms with Crippen molar-refractivity contribution in [3.8, 4) is 0 Å². The van der Waals surface area contributed by atoms with E-state index in [-0.39, 0.29) is 0 Å². The molecule has 0 radical (unpaired) electrons. The minimum Gasteiger partial charge on any atom is -0.480 e. The minimum absolute atomic E-state index is 0.416. The second-order valence-electron chi connectivity index (χ2n) is 3.18. The number of amides is 1. The second kappa shape index (κ2) is 3.06. The maximum atomic E-state index is 11.5. The zero-order valence-corrected chi connectivity index (χ0v) is 8.00. The summed E-state index contributed by atoms with van der Waals surface area (Å²) in [4.78, 5) is 26.1. The lowest BCUT2D eigenvalue weighted by Gasteiger charge is -2.07. The average molecular weight is 212 g/mol. The number of hydrogen-bond donors (Lipinski definition) is 2. The van der Waals surface area contributed by atoms with Crippen LogP contribution in [0.1, 0.15) is 12.8 Å². The highest BCUT2D eigenvalue weighted by molar-refractivity contribution is 7.13. The fraction of sp³-hybridized carbons (Fsp3) is 0.375. The average Bonchev–Trinajstić information content (AvgIpc) is 2.81.